The fraction of sp³-hybridized carbons (Fsp3) is 0.643. The van der Waals surface area contributed by atoms with E-state index in [1.807, 2.05) is 13.0 Å². The lowest BCUT2D eigenvalue weighted by molar-refractivity contribution is 0.376. The molecule has 0 radical (unpaired) electrons. The van der Waals surface area contributed by atoms with Crippen LogP contribution in [0, 0.1) is 12.3 Å². The fourth-order valence-corrected chi connectivity index (χ4v) is 1.83. The Morgan fingerprint density at radius 3 is 2.59 bits per heavy atom. The van der Waals surface area contributed by atoms with Gasteiger partial charge in [0.05, 0.1) is 0 Å². The second-order valence-corrected chi connectivity index (χ2v) is 5.43. The summed E-state index contributed by atoms with van der Waals surface area (Å²) in [6, 6.07) is 6.17. The Morgan fingerprint density at radius 1 is 1.35 bits per heavy atom. The second-order valence-electron chi connectivity index (χ2n) is 5.43. The van der Waals surface area contributed by atoms with Crippen LogP contribution in [0.15, 0.2) is 18.2 Å². The van der Waals surface area contributed by atoms with Crippen LogP contribution in [0.4, 0.5) is 5.82 Å². The van der Waals surface area contributed by atoms with Crippen LogP contribution in [0.5, 0.6) is 0 Å². The van der Waals surface area contributed by atoms with Crippen molar-refractivity contribution in [3.8, 4) is 0 Å². The molecule has 3 heteroatoms. The van der Waals surface area contributed by atoms with E-state index in [2.05, 4.69) is 42.8 Å². The average Bonchev–Trinajstić information content (AvgIpc) is 2.28. The van der Waals surface area contributed by atoms with Crippen LogP contribution in [0.3, 0.4) is 0 Å². The third-order valence-corrected chi connectivity index (χ3v) is 2.86. The molecule has 0 aliphatic carbocycles. The molecular weight excluding hydrogens is 210 g/mol. The molecule has 0 aliphatic rings. The fourth-order valence-electron chi connectivity index (χ4n) is 1.83. The van der Waals surface area contributed by atoms with E-state index in [1.165, 1.54) is 0 Å². The van der Waals surface area contributed by atoms with Crippen LogP contribution in [0.25, 0.3) is 0 Å². The molecule has 0 bridgehead atoms. The molecule has 3 nitrogen and oxygen atoms in total. The van der Waals surface area contributed by atoms with Crippen molar-refractivity contribution >= 4 is 5.82 Å². The lowest BCUT2D eigenvalue weighted by Gasteiger charge is -2.32. The van der Waals surface area contributed by atoms with Crippen molar-refractivity contribution in [2.75, 3.05) is 24.5 Å². The average molecular weight is 235 g/mol. The number of rotatable bonds is 6. The summed E-state index contributed by atoms with van der Waals surface area (Å²) < 4.78 is 0. The van der Waals surface area contributed by atoms with Gasteiger partial charge in [-0.15, -0.1) is 0 Å². The van der Waals surface area contributed by atoms with E-state index in [-0.39, 0.29) is 5.41 Å². The molecule has 17 heavy (non-hydrogen) atoms. The zero-order valence-corrected chi connectivity index (χ0v) is 11.5. The molecule has 0 saturated carbocycles. The third-order valence-electron chi connectivity index (χ3n) is 2.86. The van der Waals surface area contributed by atoms with Crippen molar-refractivity contribution in [2.24, 2.45) is 11.1 Å². The van der Waals surface area contributed by atoms with Crippen molar-refractivity contribution in [1.29, 1.82) is 0 Å². The number of anilines is 1. The maximum Gasteiger partial charge on any atom is 0.128 e. The Bertz CT molecular complexity index is 347. The van der Waals surface area contributed by atoms with E-state index in [9.17, 15) is 0 Å². The minimum Gasteiger partial charge on any atom is -0.356 e. The van der Waals surface area contributed by atoms with E-state index in [0.717, 1.165) is 31.0 Å². The highest BCUT2D eigenvalue weighted by Gasteiger charge is 2.20. The molecule has 1 aromatic rings. The van der Waals surface area contributed by atoms with E-state index in [4.69, 9.17) is 5.73 Å². The highest BCUT2D eigenvalue weighted by atomic mass is 15.2. The van der Waals surface area contributed by atoms with Crippen LogP contribution in [-0.4, -0.2) is 24.6 Å². The van der Waals surface area contributed by atoms with Crippen LogP contribution < -0.4 is 10.6 Å². The Balaban J connectivity index is 2.85. The Kier molecular flexibility index (Phi) is 4.94. The largest absolute Gasteiger partial charge is 0.356 e. The van der Waals surface area contributed by atoms with Gasteiger partial charge in [-0.1, -0.05) is 26.8 Å². The monoisotopic (exact) mass is 235 g/mol. The normalized spacial score (nSPS) is 11.6. The molecule has 1 heterocycles. The first kappa shape index (κ1) is 14.0. The number of aryl methyl sites for hydroxylation is 1. The summed E-state index contributed by atoms with van der Waals surface area (Å²) in [6.07, 6.45) is 1.12. The predicted octanol–water partition coefficient (Wildman–Crippen LogP) is 2.59. The number of hydrogen-bond donors (Lipinski definition) is 1. The number of pyridine rings is 1. The molecule has 0 spiro atoms. The lowest BCUT2D eigenvalue weighted by Crippen LogP contribution is -2.39. The molecule has 2 N–H and O–H groups in total. The van der Waals surface area contributed by atoms with Gasteiger partial charge in [0.2, 0.25) is 0 Å². The number of nitrogens with two attached hydrogens (primary N) is 1. The first-order valence-corrected chi connectivity index (χ1v) is 6.37. The maximum absolute atomic E-state index is 5.81. The van der Waals surface area contributed by atoms with Crippen molar-refractivity contribution in [1.82, 2.24) is 4.98 Å². The molecule has 0 aliphatic heterocycles. The summed E-state index contributed by atoms with van der Waals surface area (Å²) in [5, 5.41) is 0. The first-order chi connectivity index (χ1) is 7.98. The highest BCUT2D eigenvalue weighted by Crippen LogP contribution is 2.20. The molecule has 0 aromatic carbocycles. The molecule has 0 amide bonds. The van der Waals surface area contributed by atoms with E-state index in [0.29, 0.717) is 6.54 Å². The minimum atomic E-state index is 0.126. The van der Waals surface area contributed by atoms with Crippen LogP contribution >= 0.6 is 0 Å². The van der Waals surface area contributed by atoms with Crippen molar-refractivity contribution in [3.05, 3.63) is 23.9 Å². The van der Waals surface area contributed by atoms with Crippen molar-refractivity contribution in [2.45, 2.75) is 34.1 Å². The summed E-state index contributed by atoms with van der Waals surface area (Å²) in [4.78, 5) is 6.93. The topological polar surface area (TPSA) is 42.1 Å². The number of aromatic nitrogens is 1. The molecule has 1 aromatic heterocycles. The standard InChI is InChI=1S/C14H25N3/c1-5-9-17(11-14(3,4)10-15)13-8-6-7-12(2)16-13/h6-8H,5,9-11,15H2,1-4H3. The first-order valence-electron chi connectivity index (χ1n) is 6.37. The molecule has 0 atom stereocenters. The van der Waals surface area contributed by atoms with Crippen LogP contribution in [-0.2, 0) is 0 Å². The molecule has 0 saturated heterocycles. The van der Waals surface area contributed by atoms with Gasteiger partial charge in [0.25, 0.3) is 0 Å². The lowest BCUT2D eigenvalue weighted by atomic mass is 9.93. The number of nitrogens with zero attached hydrogens (tertiary/aromatic N) is 2. The Morgan fingerprint density at radius 2 is 2.06 bits per heavy atom. The van der Waals surface area contributed by atoms with Crippen molar-refractivity contribution < 1.29 is 0 Å². The van der Waals surface area contributed by atoms with Gasteiger partial charge in [0, 0.05) is 18.8 Å². The molecule has 1 rings (SSSR count). The van der Waals surface area contributed by atoms with Crippen LogP contribution in [0.2, 0.25) is 0 Å². The van der Waals surface area contributed by atoms with Crippen LogP contribution in [0.1, 0.15) is 32.9 Å². The summed E-state index contributed by atoms with van der Waals surface area (Å²) in [6.45, 7) is 11.3. The number of hydrogen-bond acceptors (Lipinski definition) is 3. The summed E-state index contributed by atoms with van der Waals surface area (Å²) in [5.41, 5.74) is 7.00. The summed E-state index contributed by atoms with van der Waals surface area (Å²) in [7, 11) is 0. The molecule has 96 valence electrons. The maximum atomic E-state index is 5.81. The van der Waals surface area contributed by atoms with Gasteiger partial charge < -0.3 is 10.6 Å². The minimum absolute atomic E-state index is 0.126. The molecule has 0 fully saturated rings. The summed E-state index contributed by atoms with van der Waals surface area (Å²) in [5.74, 6) is 1.06. The van der Waals surface area contributed by atoms with Gasteiger partial charge >= 0.3 is 0 Å². The Hall–Kier alpha value is -1.09. The van der Waals surface area contributed by atoms with Gasteiger partial charge in [-0.2, -0.15) is 0 Å². The third kappa shape index (κ3) is 4.35. The van der Waals surface area contributed by atoms with Gasteiger partial charge in [0.1, 0.15) is 5.82 Å². The molecular formula is C14H25N3. The smallest absolute Gasteiger partial charge is 0.128 e. The van der Waals surface area contributed by atoms with Gasteiger partial charge in [0.15, 0.2) is 0 Å². The van der Waals surface area contributed by atoms with Crippen molar-refractivity contribution in [3.63, 3.8) is 0 Å². The predicted molar refractivity (Wildman–Crippen MR) is 74.3 cm³/mol. The van der Waals surface area contributed by atoms with Gasteiger partial charge in [-0.3, -0.25) is 0 Å². The quantitative estimate of drug-likeness (QED) is 0.824. The van der Waals surface area contributed by atoms with E-state index >= 15 is 0 Å². The van der Waals surface area contributed by atoms with Gasteiger partial charge in [-0.25, -0.2) is 4.98 Å². The highest BCUT2D eigenvalue weighted by molar-refractivity contribution is 5.39. The molecule has 0 unspecified atom stereocenters. The Labute approximate surface area is 105 Å². The van der Waals surface area contributed by atoms with E-state index in [1.54, 1.807) is 0 Å². The second kappa shape index (κ2) is 6.01. The zero-order chi connectivity index (χ0) is 12.9. The summed E-state index contributed by atoms with van der Waals surface area (Å²) >= 11 is 0. The van der Waals surface area contributed by atoms with E-state index < -0.39 is 0 Å². The SMILES string of the molecule is CCCN(CC(C)(C)CN)c1cccc(C)n1. The zero-order valence-electron chi connectivity index (χ0n) is 11.5. The van der Waals surface area contributed by atoms with Gasteiger partial charge in [-0.05, 0) is 37.4 Å².